The number of carbonyl (C=O) groups excluding carboxylic acids is 1. The summed E-state index contributed by atoms with van der Waals surface area (Å²) in [6.07, 6.45) is 8.27. The SMILES string of the molecule is C[C@]12CCC3c4ccc(OC(=O)c5ccccc5)cc4CCC3C1C=CC2O. The zero-order valence-corrected chi connectivity index (χ0v) is 16.2. The molecule has 1 saturated carbocycles. The van der Waals surface area contributed by atoms with Crippen LogP contribution in [0.2, 0.25) is 0 Å². The molecule has 0 spiro atoms. The predicted octanol–water partition coefficient (Wildman–Crippen LogP) is 4.90. The Morgan fingerprint density at radius 2 is 1.93 bits per heavy atom. The number of fused-ring (bicyclic) bond motifs is 5. The van der Waals surface area contributed by atoms with Crippen LogP contribution in [0.15, 0.2) is 60.7 Å². The van der Waals surface area contributed by atoms with Gasteiger partial charge in [0, 0.05) is 5.41 Å². The molecule has 0 saturated heterocycles. The van der Waals surface area contributed by atoms with Crippen LogP contribution in [-0.2, 0) is 6.42 Å². The summed E-state index contributed by atoms with van der Waals surface area (Å²) < 4.78 is 5.62. The van der Waals surface area contributed by atoms with Crippen molar-refractivity contribution in [3.63, 3.8) is 0 Å². The first-order valence-corrected chi connectivity index (χ1v) is 10.3. The summed E-state index contributed by atoms with van der Waals surface area (Å²) in [6.45, 7) is 2.25. The zero-order valence-electron chi connectivity index (χ0n) is 16.2. The monoisotopic (exact) mass is 374 g/mol. The van der Waals surface area contributed by atoms with Crippen LogP contribution < -0.4 is 4.74 Å². The summed E-state index contributed by atoms with van der Waals surface area (Å²) in [5.41, 5.74) is 3.29. The lowest BCUT2D eigenvalue weighted by molar-refractivity contribution is -0.0101. The molecule has 1 N–H and O–H groups in total. The van der Waals surface area contributed by atoms with Crippen molar-refractivity contribution in [1.29, 1.82) is 0 Å². The van der Waals surface area contributed by atoms with Crippen LogP contribution in [0.5, 0.6) is 5.75 Å². The van der Waals surface area contributed by atoms with E-state index >= 15 is 0 Å². The number of aryl methyl sites for hydroxylation is 1. The minimum atomic E-state index is -0.312. The highest BCUT2D eigenvalue weighted by Crippen LogP contribution is 2.58. The molecule has 5 atom stereocenters. The fraction of sp³-hybridized carbons (Fsp3) is 0.400. The van der Waals surface area contributed by atoms with E-state index in [-0.39, 0.29) is 17.5 Å². The molecule has 144 valence electrons. The minimum Gasteiger partial charge on any atom is -0.423 e. The standard InChI is InChI=1S/C25H26O3/c1-25-14-13-20-19-10-8-18(28-24(27)16-5-3-2-4-6-16)15-17(19)7-9-21(20)22(25)11-12-23(25)26/h2-6,8,10-12,15,20-23,26H,7,9,13-14H2,1H3/t20?,21?,22?,23?,25-/m0/s1. The largest absolute Gasteiger partial charge is 0.423 e. The summed E-state index contributed by atoms with van der Waals surface area (Å²) in [4.78, 5) is 12.3. The number of aliphatic hydroxyl groups is 1. The second-order valence-corrected chi connectivity index (χ2v) is 8.83. The maximum atomic E-state index is 12.3. The molecule has 3 aliphatic rings. The first-order valence-electron chi connectivity index (χ1n) is 10.3. The lowest BCUT2D eigenvalue weighted by atomic mass is 9.55. The van der Waals surface area contributed by atoms with Crippen molar-refractivity contribution in [3.05, 3.63) is 77.4 Å². The predicted molar refractivity (Wildman–Crippen MR) is 108 cm³/mol. The average molecular weight is 374 g/mol. The van der Waals surface area contributed by atoms with Crippen molar-refractivity contribution in [3.8, 4) is 5.75 Å². The third-order valence-electron chi connectivity index (χ3n) is 7.39. The smallest absolute Gasteiger partial charge is 0.343 e. The number of aliphatic hydroxyl groups excluding tert-OH is 1. The van der Waals surface area contributed by atoms with Crippen molar-refractivity contribution in [2.75, 3.05) is 0 Å². The third kappa shape index (κ3) is 2.72. The van der Waals surface area contributed by atoms with E-state index in [1.54, 1.807) is 12.1 Å². The number of carbonyl (C=O) groups is 1. The van der Waals surface area contributed by atoms with Crippen LogP contribution in [0.1, 0.15) is 53.6 Å². The Morgan fingerprint density at radius 1 is 1.11 bits per heavy atom. The van der Waals surface area contributed by atoms with Crippen molar-refractivity contribution in [2.24, 2.45) is 17.3 Å². The number of ether oxygens (including phenoxy) is 1. The van der Waals surface area contributed by atoms with Crippen molar-refractivity contribution in [2.45, 2.75) is 44.6 Å². The van der Waals surface area contributed by atoms with Crippen molar-refractivity contribution in [1.82, 2.24) is 0 Å². The molecule has 1 fully saturated rings. The van der Waals surface area contributed by atoms with E-state index < -0.39 is 0 Å². The molecule has 0 radical (unpaired) electrons. The summed E-state index contributed by atoms with van der Waals surface area (Å²) >= 11 is 0. The summed E-state index contributed by atoms with van der Waals surface area (Å²) in [6, 6.07) is 15.3. The first kappa shape index (κ1) is 17.7. The topological polar surface area (TPSA) is 46.5 Å². The highest BCUT2D eigenvalue weighted by molar-refractivity contribution is 5.91. The Labute approximate surface area is 166 Å². The highest BCUT2D eigenvalue weighted by atomic mass is 16.5. The molecule has 2 aromatic rings. The van der Waals surface area contributed by atoms with Gasteiger partial charge in [0.1, 0.15) is 5.75 Å². The summed E-state index contributed by atoms with van der Waals surface area (Å²) in [7, 11) is 0. The van der Waals surface area contributed by atoms with Crippen LogP contribution >= 0.6 is 0 Å². The third-order valence-corrected chi connectivity index (χ3v) is 7.39. The van der Waals surface area contributed by atoms with Crippen molar-refractivity contribution >= 4 is 5.97 Å². The van der Waals surface area contributed by atoms with Crippen molar-refractivity contribution < 1.29 is 14.6 Å². The van der Waals surface area contributed by atoms with Gasteiger partial charge in [0.05, 0.1) is 11.7 Å². The fourth-order valence-corrected chi connectivity index (χ4v) is 5.79. The maximum Gasteiger partial charge on any atom is 0.343 e. The maximum absolute atomic E-state index is 12.3. The molecule has 2 aromatic carbocycles. The van der Waals surface area contributed by atoms with E-state index in [2.05, 4.69) is 25.1 Å². The summed E-state index contributed by atoms with van der Waals surface area (Å²) in [5, 5.41) is 10.4. The molecular formula is C25H26O3. The van der Waals surface area contributed by atoms with Gasteiger partial charge in [0.15, 0.2) is 0 Å². The lowest BCUT2D eigenvalue weighted by Gasteiger charge is -2.50. The molecule has 0 aromatic heterocycles. The van der Waals surface area contributed by atoms with Gasteiger partial charge in [-0.05, 0) is 78.8 Å². The van der Waals surface area contributed by atoms with Gasteiger partial charge in [-0.25, -0.2) is 4.79 Å². The lowest BCUT2D eigenvalue weighted by Crippen LogP contribution is -2.44. The highest BCUT2D eigenvalue weighted by Gasteiger charge is 2.52. The number of benzene rings is 2. The van der Waals surface area contributed by atoms with Gasteiger partial charge in [-0.3, -0.25) is 0 Å². The molecule has 3 aliphatic carbocycles. The second-order valence-electron chi connectivity index (χ2n) is 8.83. The second kappa shape index (κ2) is 6.59. The van der Waals surface area contributed by atoms with Gasteiger partial charge >= 0.3 is 5.97 Å². The van der Waals surface area contributed by atoms with E-state index in [4.69, 9.17) is 4.74 Å². The minimum absolute atomic E-state index is 0.00379. The number of hydrogen-bond acceptors (Lipinski definition) is 3. The normalized spacial score (nSPS) is 32.9. The number of allylic oxidation sites excluding steroid dienone is 1. The van der Waals surface area contributed by atoms with Gasteiger partial charge in [-0.15, -0.1) is 0 Å². The van der Waals surface area contributed by atoms with Crippen LogP contribution in [0.4, 0.5) is 0 Å². The molecule has 3 nitrogen and oxygen atoms in total. The van der Waals surface area contributed by atoms with Gasteiger partial charge in [-0.1, -0.05) is 43.3 Å². The van der Waals surface area contributed by atoms with E-state index in [0.717, 1.165) is 25.7 Å². The average Bonchev–Trinajstić information content (AvgIpc) is 3.03. The van der Waals surface area contributed by atoms with Gasteiger partial charge in [0.25, 0.3) is 0 Å². The van der Waals surface area contributed by atoms with Crippen LogP contribution in [0.3, 0.4) is 0 Å². The molecular weight excluding hydrogens is 348 g/mol. The number of rotatable bonds is 2. The zero-order chi connectivity index (χ0) is 19.3. The van der Waals surface area contributed by atoms with Gasteiger partial charge in [0.2, 0.25) is 0 Å². The molecule has 0 bridgehead atoms. The van der Waals surface area contributed by atoms with Gasteiger partial charge < -0.3 is 9.84 Å². The van der Waals surface area contributed by atoms with Crippen LogP contribution in [-0.4, -0.2) is 17.2 Å². The van der Waals surface area contributed by atoms with E-state index in [0.29, 0.717) is 29.1 Å². The first-order chi connectivity index (χ1) is 13.6. The number of esters is 1. The van der Waals surface area contributed by atoms with E-state index in [9.17, 15) is 9.90 Å². The molecule has 5 rings (SSSR count). The molecule has 0 heterocycles. The molecule has 0 amide bonds. The fourth-order valence-electron chi connectivity index (χ4n) is 5.79. The van der Waals surface area contributed by atoms with E-state index in [1.807, 2.05) is 30.3 Å². The Balaban J connectivity index is 1.38. The van der Waals surface area contributed by atoms with Crippen LogP contribution in [0, 0.1) is 17.3 Å². The molecule has 0 aliphatic heterocycles. The van der Waals surface area contributed by atoms with Gasteiger partial charge in [-0.2, -0.15) is 0 Å². The van der Waals surface area contributed by atoms with Crippen LogP contribution in [0.25, 0.3) is 0 Å². The number of hydrogen-bond donors (Lipinski definition) is 1. The molecule has 3 heteroatoms. The summed E-state index contributed by atoms with van der Waals surface area (Å²) in [5.74, 6) is 1.91. The molecule has 4 unspecified atom stereocenters. The Morgan fingerprint density at radius 3 is 2.75 bits per heavy atom. The molecule has 28 heavy (non-hydrogen) atoms. The van der Waals surface area contributed by atoms with E-state index in [1.165, 1.54) is 11.1 Å². The Kier molecular flexibility index (Phi) is 4.17. The Hall–Kier alpha value is -2.39. The quantitative estimate of drug-likeness (QED) is 0.462. The Bertz CT molecular complexity index is 932.